The second kappa shape index (κ2) is 2.24. The van der Waals surface area contributed by atoms with Crippen LogP contribution in [-0.2, 0) is 0 Å². The van der Waals surface area contributed by atoms with E-state index in [0.29, 0.717) is 11.2 Å². The summed E-state index contributed by atoms with van der Waals surface area (Å²) in [6, 6.07) is 6.66. The molecule has 0 saturated carbocycles. The molecule has 12 heavy (non-hydrogen) atoms. The van der Waals surface area contributed by atoms with Crippen LogP contribution in [0.2, 0.25) is 0 Å². The molecule has 58 valence electrons. The highest BCUT2D eigenvalue weighted by Gasteiger charge is 2.03. The average molecular weight is 159 g/mol. The fourth-order valence-corrected chi connectivity index (χ4v) is 1.09. The standard InChI is InChI=1S/C8H5N3O/c9-4-8-6-2-1-5(12)3-7(6)10-11-8/h1-3,12H,(H,10,11). The van der Waals surface area contributed by atoms with Crippen molar-refractivity contribution in [1.29, 1.82) is 5.26 Å². The SMILES string of the molecule is N#Cc1n[nH]c2cc(O)ccc12. The van der Waals surface area contributed by atoms with E-state index in [4.69, 9.17) is 10.4 Å². The van der Waals surface area contributed by atoms with E-state index in [1.165, 1.54) is 12.1 Å². The highest BCUT2D eigenvalue weighted by Crippen LogP contribution is 2.19. The monoisotopic (exact) mass is 159 g/mol. The Kier molecular flexibility index (Phi) is 1.25. The summed E-state index contributed by atoms with van der Waals surface area (Å²) in [7, 11) is 0. The normalized spacial score (nSPS) is 9.92. The number of phenolic OH excluding ortho intramolecular Hbond substituents is 1. The Balaban J connectivity index is 2.84. The van der Waals surface area contributed by atoms with Gasteiger partial charge in [0.2, 0.25) is 0 Å². The van der Waals surface area contributed by atoms with Crippen LogP contribution in [-0.4, -0.2) is 15.3 Å². The number of aromatic amines is 1. The molecule has 0 bridgehead atoms. The molecule has 0 saturated heterocycles. The van der Waals surface area contributed by atoms with E-state index in [9.17, 15) is 0 Å². The van der Waals surface area contributed by atoms with Crippen LogP contribution in [0, 0.1) is 11.3 Å². The van der Waals surface area contributed by atoms with Crippen LogP contribution >= 0.6 is 0 Å². The number of fused-ring (bicyclic) bond motifs is 1. The molecule has 2 rings (SSSR count). The van der Waals surface area contributed by atoms with E-state index in [-0.39, 0.29) is 5.75 Å². The van der Waals surface area contributed by atoms with Gasteiger partial charge in [-0.25, -0.2) is 0 Å². The molecular weight excluding hydrogens is 154 g/mol. The number of hydrogen-bond acceptors (Lipinski definition) is 3. The molecule has 4 nitrogen and oxygen atoms in total. The number of phenols is 1. The Morgan fingerprint density at radius 2 is 2.33 bits per heavy atom. The summed E-state index contributed by atoms with van der Waals surface area (Å²) in [4.78, 5) is 0. The van der Waals surface area contributed by atoms with E-state index in [0.717, 1.165) is 5.39 Å². The van der Waals surface area contributed by atoms with Crippen molar-refractivity contribution in [2.45, 2.75) is 0 Å². The molecule has 0 radical (unpaired) electrons. The minimum atomic E-state index is 0.163. The molecule has 0 amide bonds. The quantitative estimate of drug-likeness (QED) is 0.605. The Bertz CT molecular complexity index is 467. The highest BCUT2D eigenvalue weighted by molar-refractivity contribution is 5.84. The molecule has 2 aromatic rings. The summed E-state index contributed by atoms with van der Waals surface area (Å²) < 4.78 is 0. The van der Waals surface area contributed by atoms with Crippen molar-refractivity contribution in [2.75, 3.05) is 0 Å². The molecule has 0 unspecified atom stereocenters. The van der Waals surface area contributed by atoms with Gasteiger partial charge in [0.05, 0.1) is 5.52 Å². The first kappa shape index (κ1) is 6.68. The maximum Gasteiger partial charge on any atom is 0.170 e. The van der Waals surface area contributed by atoms with E-state index < -0.39 is 0 Å². The van der Waals surface area contributed by atoms with Crippen molar-refractivity contribution < 1.29 is 5.11 Å². The van der Waals surface area contributed by atoms with Crippen LogP contribution in [0.4, 0.5) is 0 Å². The van der Waals surface area contributed by atoms with Gasteiger partial charge in [0.15, 0.2) is 5.69 Å². The van der Waals surface area contributed by atoms with Crippen LogP contribution in [0.5, 0.6) is 5.75 Å². The van der Waals surface area contributed by atoms with E-state index in [1.54, 1.807) is 6.07 Å². The summed E-state index contributed by atoms with van der Waals surface area (Å²) in [5.41, 5.74) is 1.02. The number of nitrogens with zero attached hydrogens (tertiary/aromatic N) is 2. The summed E-state index contributed by atoms with van der Waals surface area (Å²) in [6.07, 6.45) is 0. The molecule has 0 spiro atoms. The molecule has 1 heterocycles. The van der Waals surface area contributed by atoms with Crippen molar-refractivity contribution in [2.24, 2.45) is 0 Å². The first-order valence-corrected chi connectivity index (χ1v) is 3.38. The Morgan fingerprint density at radius 1 is 1.50 bits per heavy atom. The topological polar surface area (TPSA) is 72.7 Å². The largest absolute Gasteiger partial charge is 0.508 e. The molecule has 1 aromatic heterocycles. The minimum absolute atomic E-state index is 0.163. The van der Waals surface area contributed by atoms with E-state index in [2.05, 4.69) is 10.2 Å². The number of nitriles is 1. The van der Waals surface area contributed by atoms with Crippen LogP contribution in [0.1, 0.15) is 5.69 Å². The second-order valence-electron chi connectivity index (χ2n) is 2.41. The summed E-state index contributed by atoms with van der Waals surface area (Å²) in [5.74, 6) is 0.163. The summed E-state index contributed by atoms with van der Waals surface area (Å²) in [6.45, 7) is 0. The lowest BCUT2D eigenvalue weighted by Gasteiger charge is -1.89. The molecule has 2 N–H and O–H groups in total. The summed E-state index contributed by atoms with van der Waals surface area (Å²) >= 11 is 0. The molecule has 1 aromatic carbocycles. The predicted octanol–water partition coefficient (Wildman–Crippen LogP) is 1.14. The first-order valence-electron chi connectivity index (χ1n) is 3.38. The number of aromatic nitrogens is 2. The Labute approximate surface area is 68.1 Å². The molecule has 4 heteroatoms. The van der Waals surface area contributed by atoms with Gasteiger partial charge in [-0.3, -0.25) is 5.10 Å². The zero-order chi connectivity index (χ0) is 8.55. The van der Waals surface area contributed by atoms with Crippen molar-refractivity contribution in [3.63, 3.8) is 0 Å². The highest BCUT2D eigenvalue weighted by atomic mass is 16.3. The van der Waals surface area contributed by atoms with E-state index >= 15 is 0 Å². The molecule has 0 atom stereocenters. The Hall–Kier alpha value is -2.02. The van der Waals surface area contributed by atoms with Crippen LogP contribution in [0.15, 0.2) is 18.2 Å². The molecular formula is C8H5N3O. The van der Waals surface area contributed by atoms with Crippen molar-refractivity contribution >= 4 is 10.9 Å². The second-order valence-corrected chi connectivity index (χ2v) is 2.41. The Morgan fingerprint density at radius 3 is 3.08 bits per heavy atom. The fraction of sp³-hybridized carbons (Fsp3) is 0. The van der Waals surface area contributed by atoms with Gasteiger partial charge >= 0.3 is 0 Å². The predicted molar refractivity (Wildman–Crippen MR) is 42.5 cm³/mol. The lowest BCUT2D eigenvalue weighted by atomic mass is 10.2. The maximum atomic E-state index is 9.08. The van der Waals surface area contributed by atoms with Gasteiger partial charge in [0, 0.05) is 11.5 Å². The lowest BCUT2D eigenvalue weighted by Crippen LogP contribution is -1.71. The smallest absolute Gasteiger partial charge is 0.170 e. The average Bonchev–Trinajstić information content (AvgIpc) is 2.46. The van der Waals surface area contributed by atoms with Gasteiger partial charge < -0.3 is 5.11 Å². The van der Waals surface area contributed by atoms with Crippen LogP contribution < -0.4 is 0 Å². The third-order valence-electron chi connectivity index (χ3n) is 1.65. The molecule has 0 aliphatic heterocycles. The van der Waals surface area contributed by atoms with Crippen LogP contribution in [0.3, 0.4) is 0 Å². The van der Waals surface area contributed by atoms with Crippen molar-refractivity contribution in [3.8, 4) is 11.8 Å². The third-order valence-corrected chi connectivity index (χ3v) is 1.65. The number of hydrogen-bond donors (Lipinski definition) is 2. The van der Waals surface area contributed by atoms with Gasteiger partial charge in [-0.2, -0.15) is 10.4 Å². The molecule has 0 aliphatic carbocycles. The lowest BCUT2D eigenvalue weighted by molar-refractivity contribution is 0.476. The maximum absolute atomic E-state index is 9.08. The summed E-state index contributed by atoms with van der Waals surface area (Å²) in [5, 5.41) is 24.8. The van der Waals surface area contributed by atoms with Crippen molar-refractivity contribution in [3.05, 3.63) is 23.9 Å². The number of nitrogens with one attached hydrogen (secondary N) is 1. The van der Waals surface area contributed by atoms with Crippen LogP contribution in [0.25, 0.3) is 10.9 Å². The van der Waals surface area contributed by atoms with E-state index in [1.807, 2.05) is 6.07 Å². The number of benzene rings is 1. The van der Waals surface area contributed by atoms with Gasteiger partial charge in [-0.05, 0) is 12.1 Å². The van der Waals surface area contributed by atoms with Gasteiger partial charge in [0.1, 0.15) is 11.8 Å². The minimum Gasteiger partial charge on any atom is -0.508 e. The number of aromatic hydroxyl groups is 1. The fourth-order valence-electron chi connectivity index (χ4n) is 1.09. The number of rotatable bonds is 0. The van der Waals surface area contributed by atoms with Crippen molar-refractivity contribution in [1.82, 2.24) is 10.2 Å². The molecule has 0 aliphatic rings. The molecule has 0 fully saturated rings. The zero-order valence-electron chi connectivity index (χ0n) is 6.07. The first-order chi connectivity index (χ1) is 5.81. The third kappa shape index (κ3) is 0.805. The van der Waals surface area contributed by atoms with Gasteiger partial charge in [-0.15, -0.1) is 0 Å². The van der Waals surface area contributed by atoms with Gasteiger partial charge in [0.25, 0.3) is 0 Å². The number of H-pyrrole nitrogens is 1. The van der Waals surface area contributed by atoms with Gasteiger partial charge in [-0.1, -0.05) is 0 Å². The zero-order valence-corrected chi connectivity index (χ0v) is 6.07.